The average molecular weight is 428 g/mol. The van der Waals surface area contributed by atoms with E-state index in [2.05, 4.69) is 0 Å². The maximum atomic E-state index is 13.5. The molecule has 0 unspecified atom stereocenters. The molecule has 0 bridgehead atoms. The van der Waals surface area contributed by atoms with Gasteiger partial charge in [-0.2, -0.15) is 26.3 Å². The summed E-state index contributed by atoms with van der Waals surface area (Å²) in [5, 5.41) is 0. The minimum atomic E-state index is -7.41. The number of alkyl halides is 6. The number of sulfone groups is 2. The Hall–Kier alpha value is -1.58. The SMILES string of the molecule is O=S(=O)(C(c1cc(F)c(F)c(F)c1F)S(=O)(=O)C(F)(F)F)C(F)(F)F. The first-order valence-electron chi connectivity index (χ1n) is 5.30. The molecule has 0 aliphatic heterocycles. The summed E-state index contributed by atoms with van der Waals surface area (Å²) in [5.74, 6) is -11.4. The van der Waals surface area contributed by atoms with Crippen LogP contribution in [0.4, 0.5) is 43.9 Å². The van der Waals surface area contributed by atoms with Gasteiger partial charge in [-0.15, -0.1) is 0 Å². The highest BCUT2D eigenvalue weighted by Gasteiger charge is 2.64. The van der Waals surface area contributed by atoms with Gasteiger partial charge in [-0.3, -0.25) is 0 Å². The molecule has 0 aliphatic rings. The van der Waals surface area contributed by atoms with Crippen LogP contribution >= 0.6 is 0 Å². The summed E-state index contributed by atoms with van der Waals surface area (Å²) in [7, 11) is -14.8. The Kier molecular flexibility index (Phi) is 5.15. The fraction of sp³-hybridized carbons (Fsp3) is 0.333. The molecule has 0 saturated heterocycles. The topological polar surface area (TPSA) is 68.3 Å². The molecule has 25 heavy (non-hydrogen) atoms. The summed E-state index contributed by atoms with van der Waals surface area (Å²) in [6.07, 6.45) is 0. The van der Waals surface area contributed by atoms with Gasteiger partial charge in [0.1, 0.15) is 0 Å². The van der Waals surface area contributed by atoms with Gasteiger partial charge in [0.25, 0.3) is 19.7 Å². The molecule has 1 aromatic carbocycles. The van der Waals surface area contributed by atoms with E-state index in [9.17, 15) is 60.7 Å². The van der Waals surface area contributed by atoms with Crippen LogP contribution in [0, 0.1) is 23.3 Å². The van der Waals surface area contributed by atoms with E-state index in [1.54, 1.807) is 0 Å². The van der Waals surface area contributed by atoms with Crippen molar-refractivity contribution >= 4 is 19.7 Å². The first-order chi connectivity index (χ1) is 10.9. The fourth-order valence-electron chi connectivity index (χ4n) is 1.51. The summed E-state index contributed by atoms with van der Waals surface area (Å²) < 4.78 is 167. The van der Waals surface area contributed by atoms with Crippen LogP contribution in [0.3, 0.4) is 0 Å². The zero-order valence-electron chi connectivity index (χ0n) is 10.9. The molecule has 0 heterocycles. The van der Waals surface area contributed by atoms with Crippen LogP contribution in [0.15, 0.2) is 6.07 Å². The lowest BCUT2D eigenvalue weighted by atomic mass is 10.2. The summed E-state index contributed by atoms with van der Waals surface area (Å²) in [4.78, 5) is 0. The van der Waals surface area contributed by atoms with Crippen molar-refractivity contribution in [3.05, 3.63) is 34.9 Å². The Balaban J connectivity index is 4.05. The van der Waals surface area contributed by atoms with E-state index < -0.39 is 70.2 Å². The van der Waals surface area contributed by atoms with Crippen molar-refractivity contribution in [2.75, 3.05) is 0 Å². The van der Waals surface area contributed by atoms with E-state index in [0.717, 1.165) is 0 Å². The van der Waals surface area contributed by atoms with Gasteiger partial charge in [0.2, 0.25) is 4.58 Å². The van der Waals surface area contributed by atoms with E-state index in [0.29, 0.717) is 0 Å². The normalized spacial score (nSPS) is 14.2. The second-order valence-electron chi connectivity index (χ2n) is 4.20. The zero-order valence-corrected chi connectivity index (χ0v) is 12.5. The number of hydrogen-bond acceptors (Lipinski definition) is 4. The average Bonchev–Trinajstić information content (AvgIpc) is 2.39. The summed E-state index contributed by atoms with van der Waals surface area (Å²) in [5.41, 5.74) is -16.1. The van der Waals surface area contributed by atoms with E-state index >= 15 is 0 Å². The lowest BCUT2D eigenvalue weighted by molar-refractivity contribution is -0.0472. The highest BCUT2D eigenvalue weighted by atomic mass is 32.3. The Bertz CT molecular complexity index is 854. The fourth-order valence-corrected chi connectivity index (χ4v) is 4.99. The van der Waals surface area contributed by atoms with Crippen molar-refractivity contribution in [1.29, 1.82) is 0 Å². The third-order valence-electron chi connectivity index (χ3n) is 2.59. The third kappa shape index (κ3) is 3.40. The van der Waals surface area contributed by atoms with E-state index in [1.807, 2.05) is 0 Å². The van der Waals surface area contributed by atoms with Gasteiger partial charge in [-0.05, 0) is 6.07 Å². The lowest BCUT2D eigenvalue weighted by Gasteiger charge is -2.21. The van der Waals surface area contributed by atoms with Crippen LogP contribution in [0.5, 0.6) is 0 Å². The first-order valence-corrected chi connectivity index (χ1v) is 8.39. The molecule has 1 rings (SSSR count). The highest BCUT2D eigenvalue weighted by Crippen LogP contribution is 2.46. The van der Waals surface area contributed by atoms with Crippen LogP contribution in [0.2, 0.25) is 0 Å². The van der Waals surface area contributed by atoms with Crippen LogP contribution in [0.25, 0.3) is 0 Å². The van der Waals surface area contributed by atoms with Crippen molar-refractivity contribution < 1.29 is 60.7 Å². The Morgan fingerprint density at radius 3 is 1.36 bits per heavy atom. The van der Waals surface area contributed by atoms with Crippen LogP contribution in [0.1, 0.15) is 10.1 Å². The molecular weight excluding hydrogens is 426 g/mol. The third-order valence-corrected chi connectivity index (χ3v) is 7.04. The molecule has 0 saturated carbocycles. The molecule has 16 heteroatoms. The maximum Gasteiger partial charge on any atom is 0.499 e. The van der Waals surface area contributed by atoms with Crippen molar-refractivity contribution in [2.24, 2.45) is 0 Å². The smallest absolute Gasteiger partial charge is 0.218 e. The Morgan fingerprint density at radius 2 is 1.04 bits per heavy atom. The molecule has 0 aromatic heterocycles. The predicted molar refractivity (Wildman–Crippen MR) is 59.0 cm³/mol. The maximum absolute atomic E-state index is 13.5. The number of halogens is 10. The second kappa shape index (κ2) is 6.00. The predicted octanol–water partition coefficient (Wildman–Crippen LogP) is 3.11. The van der Waals surface area contributed by atoms with Gasteiger partial charge < -0.3 is 0 Å². The molecule has 1 aromatic rings. The highest BCUT2D eigenvalue weighted by molar-refractivity contribution is 8.09. The number of rotatable bonds is 3. The molecule has 0 amide bonds. The van der Waals surface area contributed by atoms with Gasteiger partial charge in [0.15, 0.2) is 23.3 Å². The summed E-state index contributed by atoms with van der Waals surface area (Å²) >= 11 is 0. The van der Waals surface area contributed by atoms with Crippen LogP contribution in [-0.2, 0) is 19.7 Å². The molecule has 0 radical (unpaired) electrons. The van der Waals surface area contributed by atoms with Crippen molar-refractivity contribution in [1.82, 2.24) is 0 Å². The molecule has 0 fully saturated rings. The van der Waals surface area contributed by atoms with Crippen molar-refractivity contribution in [3.63, 3.8) is 0 Å². The quantitative estimate of drug-likeness (QED) is 0.422. The number of benzene rings is 1. The van der Waals surface area contributed by atoms with E-state index in [4.69, 9.17) is 0 Å². The first kappa shape index (κ1) is 21.5. The Labute approximate surface area is 131 Å². The molecule has 0 N–H and O–H groups in total. The standard InChI is InChI=1S/C9H2F10O4S2/c10-3-1-2(4(11)6(13)5(3)12)7(24(20,21)8(14,15)16)25(22,23)9(17,18)19/h1,7H. The summed E-state index contributed by atoms with van der Waals surface area (Å²) in [6, 6.07) is -0.926. The van der Waals surface area contributed by atoms with Gasteiger partial charge in [0.05, 0.1) is 0 Å². The molecule has 144 valence electrons. The number of hydrogen-bond donors (Lipinski definition) is 0. The van der Waals surface area contributed by atoms with Gasteiger partial charge in [-0.25, -0.2) is 34.4 Å². The molecule has 0 atom stereocenters. The van der Waals surface area contributed by atoms with Crippen molar-refractivity contribution in [2.45, 2.75) is 15.6 Å². The van der Waals surface area contributed by atoms with Crippen LogP contribution in [-0.4, -0.2) is 27.9 Å². The molecule has 4 nitrogen and oxygen atoms in total. The minimum Gasteiger partial charge on any atom is -0.218 e. The summed E-state index contributed by atoms with van der Waals surface area (Å²) in [6.45, 7) is 0. The molecular formula is C9H2F10O4S2. The van der Waals surface area contributed by atoms with Gasteiger partial charge in [-0.1, -0.05) is 0 Å². The molecule has 0 spiro atoms. The largest absolute Gasteiger partial charge is 0.499 e. The lowest BCUT2D eigenvalue weighted by Crippen LogP contribution is -2.40. The minimum absolute atomic E-state index is 0.926. The monoisotopic (exact) mass is 428 g/mol. The van der Waals surface area contributed by atoms with E-state index in [-0.39, 0.29) is 0 Å². The van der Waals surface area contributed by atoms with E-state index in [1.165, 1.54) is 0 Å². The Morgan fingerprint density at radius 1 is 0.680 bits per heavy atom. The molecule has 0 aliphatic carbocycles. The van der Waals surface area contributed by atoms with Crippen LogP contribution < -0.4 is 0 Å². The van der Waals surface area contributed by atoms with Gasteiger partial charge >= 0.3 is 11.0 Å². The zero-order chi connectivity index (χ0) is 20.2. The van der Waals surface area contributed by atoms with Gasteiger partial charge in [0, 0.05) is 5.56 Å². The second-order valence-corrected chi connectivity index (χ2v) is 8.55. The van der Waals surface area contributed by atoms with Crippen molar-refractivity contribution in [3.8, 4) is 0 Å².